The number of carbonyl (C=O) groups excluding carboxylic acids is 1. The molecule has 1 aromatic carbocycles. The quantitative estimate of drug-likeness (QED) is 0.684. The predicted molar refractivity (Wildman–Crippen MR) is 60.5 cm³/mol. The highest BCUT2D eigenvalue weighted by molar-refractivity contribution is 7.19. The molecule has 70 valence electrons. The van der Waals surface area contributed by atoms with Gasteiger partial charge in [0.15, 0.2) is 0 Å². The normalized spacial score (nSPS) is 10.1. The minimum atomic E-state index is 0.703. The summed E-state index contributed by atoms with van der Waals surface area (Å²) >= 11 is 1.75. The second kappa shape index (κ2) is 3.79. The number of hydrogen-bond donors (Lipinski definition) is 0. The van der Waals surface area contributed by atoms with E-state index in [4.69, 9.17) is 0 Å². The first kappa shape index (κ1) is 9.20. The van der Waals surface area contributed by atoms with Crippen LogP contribution in [0, 0.1) is 6.92 Å². The number of thiophene rings is 1. The van der Waals surface area contributed by atoms with E-state index < -0.39 is 0 Å². The fourth-order valence-corrected chi connectivity index (χ4v) is 2.73. The third-order valence-electron chi connectivity index (χ3n) is 2.31. The minimum absolute atomic E-state index is 0.703. The minimum Gasteiger partial charge on any atom is -0.234 e. The van der Waals surface area contributed by atoms with Crippen molar-refractivity contribution in [3.63, 3.8) is 0 Å². The van der Waals surface area contributed by atoms with Crippen LogP contribution in [0.3, 0.4) is 0 Å². The highest BCUT2D eigenvalue weighted by Gasteiger charge is 2.05. The lowest BCUT2D eigenvalue weighted by Gasteiger charge is -1.91. The Morgan fingerprint density at radius 3 is 2.93 bits per heavy atom. The number of benzene rings is 1. The smallest absolute Gasteiger partial charge is 0.120 e. The van der Waals surface area contributed by atoms with Gasteiger partial charge in [0.25, 0.3) is 0 Å². The van der Waals surface area contributed by atoms with Crippen molar-refractivity contribution in [2.45, 2.75) is 13.3 Å². The van der Waals surface area contributed by atoms with E-state index in [-0.39, 0.29) is 0 Å². The summed E-state index contributed by atoms with van der Waals surface area (Å²) in [7, 11) is 0. The van der Waals surface area contributed by atoms with Crippen molar-refractivity contribution in [2.24, 2.45) is 0 Å². The first-order valence-electron chi connectivity index (χ1n) is 4.49. The fourth-order valence-electron chi connectivity index (χ4n) is 1.55. The first-order chi connectivity index (χ1) is 6.83. The lowest BCUT2D eigenvalue weighted by Crippen LogP contribution is -1.78. The topological polar surface area (TPSA) is 17.1 Å². The van der Waals surface area contributed by atoms with Crippen molar-refractivity contribution in [2.75, 3.05) is 0 Å². The average molecular weight is 202 g/mol. The Balaban J connectivity index is 2.56. The Bertz CT molecular complexity index is 504. The van der Waals surface area contributed by atoms with Crippen molar-refractivity contribution >= 4 is 27.4 Å². The number of aryl methyl sites for hydroxylation is 1. The van der Waals surface area contributed by atoms with Crippen molar-refractivity contribution in [3.8, 4) is 0 Å². The molecule has 0 unspecified atom stereocenters. The molecule has 2 rings (SSSR count). The summed E-state index contributed by atoms with van der Waals surface area (Å²) in [5.41, 5.74) is 1.29. The molecule has 1 heterocycles. The molecule has 2 aromatic rings. The molecule has 0 fully saturated rings. The van der Waals surface area contributed by atoms with Gasteiger partial charge >= 0.3 is 0 Å². The maximum atomic E-state index is 10.1. The van der Waals surface area contributed by atoms with Gasteiger partial charge in [-0.1, -0.05) is 18.2 Å². The van der Waals surface area contributed by atoms with E-state index in [9.17, 15) is 4.79 Å². The molecule has 0 saturated heterocycles. The second-order valence-electron chi connectivity index (χ2n) is 3.17. The van der Waals surface area contributed by atoms with Crippen LogP contribution in [0.5, 0.6) is 0 Å². The van der Waals surface area contributed by atoms with Crippen molar-refractivity contribution < 1.29 is 4.79 Å². The van der Waals surface area contributed by atoms with Gasteiger partial charge in [-0.05, 0) is 23.9 Å². The molecule has 0 radical (unpaired) electrons. The number of allylic oxidation sites excluding steroid dienone is 1. The van der Waals surface area contributed by atoms with Crippen LogP contribution in [0.1, 0.15) is 10.4 Å². The predicted octanol–water partition coefficient (Wildman–Crippen LogP) is 3.14. The van der Waals surface area contributed by atoms with Gasteiger partial charge < -0.3 is 0 Å². The van der Waals surface area contributed by atoms with Crippen molar-refractivity contribution in [1.82, 2.24) is 0 Å². The standard InChI is InChI=1S/C12H10OS/c1-9-10-5-2-3-6-12(10)14-11(9)7-4-8-13/h2-6H,7H2,1H3. The largest absolute Gasteiger partial charge is 0.234 e. The van der Waals surface area contributed by atoms with Gasteiger partial charge in [0.1, 0.15) is 5.94 Å². The van der Waals surface area contributed by atoms with Crippen LogP contribution in [-0.2, 0) is 11.2 Å². The maximum Gasteiger partial charge on any atom is 0.120 e. The lowest BCUT2D eigenvalue weighted by molar-refractivity contribution is 0.568. The third kappa shape index (κ3) is 1.50. The first-order valence-corrected chi connectivity index (χ1v) is 5.31. The van der Waals surface area contributed by atoms with Gasteiger partial charge in [-0.15, -0.1) is 11.3 Å². The third-order valence-corrected chi connectivity index (χ3v) is 3.61. The monoisotopic (exact) mass is 202 g/mol. The molecule has 0 aliphatic rings. The molecular weight excluding hydrogens is 192 g/mol. The van der Waals surface area contributed by atoms with E-state index in [1.807, 2.05) is 18.1 Å². The van der Waals surface area contributed by atoms with Crippen LogP contribution in [0.25, 0.3) is 10.1 Å². The van der Waals surface area contributed by atoms with Crippen LogP contribution >= 0.6 is 11.3 Å². The number of rotatable bonds is 2. The van der Waals surface area contributed by atoms with Crippen LogP contribution < -0.4 is 0 Å². The SMILES string of the molecule is Cc1c(CC=C=O)sc2ccccc12. The van der Waals surface area contributed by atoms with Crippen molar-refractivity contribution in [1.29, 1.82) is 0 Å². The Morgan fingerprint density at radius 2 is 2.21 bits per heavy atom. The zero-order chi connectivity index (χ0) is 9.97. The summed E-state index contributed by atoms with van der Waals surface area (Å²) in [5.74, 6) is 1.82. The molecule has 0 atom stereocenters. The highest BCUT2D eigenvalue weighted by Crippen LogP contribution is 2.30. The van der Waals surface area contributed by atoms with Gasteiger partial charge in [-0.25, -0.2) is 4.79 Å². The Morgan fingerprint density at radius 1 is 1.43 bits per heavy atom. The molecule has 0 spiro atoms. The van der Waals surface area contributed by atoms with Gasteiger partial charge in [0, 0.05) is 22.1 Å². The van der Waals surface area contributed by atoms with Crippen LogP contribution in [0.4, 0.5) is 0 Å². The maximum absolute atomic E-state index is 10.1. The van der Waals surface area contributed by atoms with E-state index in [0.29, 0.717) is 6.42 Å². The molecule has 1 aromatic heterocycles. The summed E-state index contributed by atoms with van der Waals surface area (Å²) in [4.78, 5) is 11.4. The molecule has 0 aliphatic carbocycles. The lowest BCUT2D eigenvalue weighted by atomic mass is 10.1. The molecule has 0 amide bonds. The summed E-state index contributed by atoms with van der Waals surface area (Å²) in [6, 6.07) is 8.31. The van der Waals surface area contributed by atoms with Gasteiger partial charge in [-0.3, -0.25) is 0 Å². The Kier molecular flexibility index (Phi) is 2.49. The summed E-state index contributed by atoms with van der Waals surface area (Å²) in [5, 5.41) is 1.30. The van der Waals surface area contributed by atoms with E-state index in [1.54, 1.807) is 11.3 Å². The van der Waals surface area contributed by atoms with Crippen LogP contribution in [-0.4, -0.2) is 5.94 Å². The van der Waals surface area contributed by atoms with E-state index in [1.165, 1.54) is 26.6 Å². The molecular formula is C12H10OS. The molecule has 0 N–H and O–H groups in total. The second-order valence-corrected chi connectivity index (χ2v) is 4.31. The summed E-state index contributed by atoms with van der Waals surface area (Å²) in [6.07, 6.45) is 2.24. The number of hydrogen-bond acceptors (Lipinski definition) is 2. The molecule has 14 heavy (non-hydrogen) atoms. The van der Waals surface area contributed by atoms with E-state index in [0.717, 1.165) is 0 Å². The molecule has 1 nitrogen and oxygen atoms in total. The highest BCUT2D eigenvalue weighted by atomic mass is 32.1. The van der Waals surface area contributed by atoms with E-state index >= 15 is 0 Å². The van der Waals surface area contributed by atoms with Crippen molar-refractivity contribution in [3.05, 3.63) is 40.8 Å². The fraction of sp³-hybridized carbons (Fsp3) is 0.167. The molecule has 2 heteroatoms. The van der Waals surface area contributed by atoms with Gasteiger partial charge in [-0.2, -0.15) is 0 Å². The van der Waals surface area contributed by atoms with Gasteiger partial charge in [0.2, 0.25) is 0 Å². The molecule has 0 saturated carbocycles. The van der Waals surface area contributed by atoms with Crippen LogP contribution in [0.15, 0.2) is 30.3 Å². The summed E-state index contributed by atoms with van der Waals surface area (Å²) < 4.78 is 1.29. The number of fused-ring (bicyclic) bond motifs is 1. The zero-order valence-corrected chi connectivity index (χ0v) is 8.73. The van der Waals surface area contributed by atoms with E-state index in [2.05, 4.69) is 19.1 Å². The molecule has 0 aliphatic heterocycles. The van der Waals surface area contributed by atoms with Crippen LogP contribution in [0.2, 0.25) is 0 Å². The Hall–Kier alpha value is -1.37. The summed E-state index contributed by atoms with van der Waals surface area (Å²) in [6.45, 7) is 2.10. The molecule has 0 bridgehead atoms. The Labute approximate surface area is 86.7 Å². The van der Waals surface area contributed by atoms with Gasteiger partial charge in [0.05, 0.1) is 0 Å². The zero-order valence-electron chi connectivity index (χ0n) is 7.91. The average Bonchev–Trinajstić information content (AvgIpc) is 2.54.